The third kappa shape index (κ3) is 13.0. The average molecular weight is 399 g/mol. The minimum absolute atomic E-state index is 0.259. The quantitative estimate of drug-likeness (QED) is 0.357. The molecule has 0 atom stereocenters. The van der Waals surface area contributed by atoms with Gasteiger partial charge in [-0.3, -0.25) is 4.79 Å². The molecule has 0 bridgehead atoms. The van der Waals surface area contributed by atoms with Gasteiger partial charge in [-0.05, 0) is 97.4 Å². The van der Waals surface area contributed by atoms with Gasteiger partial charge in [0.2, 0.25) is 0 Å². The summed E-state index contributed by atoms with van der Waals surface area (Å²) in [6.07, 6.45) is 2.94. The van der Waals surface area contributed by atoms with Gasteiger partial charge in [0.25, 0.3) is 0 Å². The molecule has 0 aromatic heterocycles. The molecule has 1 heteroatoms. The second kappa shape index (κ2) is 16.0. The molecule has 1 aromatic carbocycles. The van der Waals surface area contributed by atoms with Crippen LogP contribution in [0.15, 0.2) is 52.1 Å². The second-order valence-electron chi connectivity index (χ2n) is 8.21. The predicted octanol–water partition coefficient (Wildman–Crippen LogP) is 9.14. The molecule has 29 heavy (non-hydrogen) atoms. The Bertz CT molecular complexity index is 697. The molecule has 0 N–H and O–H groups in total. The fourth-order valence-corrected chi connectivity index (χ4v) is 2.18. The smallest absolute Gasteiger partial charge is 0.158 e. The van der Waals surface area contributed by atoms with E-state index in [0.29, 0.717) is 6.42 Å². The molecule has 0 unspecified atom stereocenters. The fourth-order valence-electron chi connectivity index (χ4n) is 2.18. The Labute approximate surface area is 182 Å². The summed E-state index contributed by atoms with van der Waals surface area (Å²) < 4.78 is 0. The van der Waals surface area contributed by atoms with Crippen molar-refractivity contribution in [3.63, 3.8) is 0 Å². The van der Waals surface area contributed by atoms with Gasteiger partial charge in [0.15, 0.2) is 5.78 Å². The van der Waals surface area contributed by atoms with Gasteiger partial charge in [0.05, 0.1) is 0 Å². The van der Waals surface area contributed by atoms with Crippen LogP contribution >= 0.6 is 0 Å². The van der Waals surface area contributed by atoms with Crippen LogP contribution in [-0.2, 0) is 11.2 Å². The van der Waals surface area contributed by atoms with E-state index in [1.807, 2.05) is 27.7 Å². The van der Waals surface area contributed by atoms with Crippen LogP contribution < -0.4 is 0 Å². The molecule has 0 spiro atoms. The van der Waals surface area contributed by atoms with E-state index in [1.165, 1.54) is 39.8 Å². The lowest BCUT2D eigenvalue weighted by Crippen LogP contribution is -1.97. The summed E-state index contributed by atoms with van der Waals surface area (Å²) in [5, 5.41) is 0. The van der Waals surface area contributed by atoms with Gasteiger partial charge in [-0.2, -0.15) is 0 Å². The topological polar surface area (TPSA) is 17.1 Å². The van der Waals surface area contributed by atoms with E-state index in [0.717, 1.165) is 17.6 Å². The first-order valence-electron chi connectivity index (χ1n) is 11.0. The summed E-state index contributed by atoms with van der Waals surface area (Å²) in [7, 11) is 0. The van der Waals surface area contributed by atoms with E-state index in [9.17, 15) is 4.79 Å². The van der Waals surface area contributed by atoms with Crippen LogP contribution in [0, 0.1) is 0 Å². The van der Waals surface area contributed by atoms with Crippen LogP contribution in [0.5, 0.6) is 0 Å². The van der Waals surface area contributed by atoms with Gasteiger partial charge in [0, 0.05) is 6.42 Å². The molecule has 0 aliphatic carbocycles. The SMILES string of the molecule is CCC(=O)C(C)=C(C)C.CCC(C)=C(C)C.CCc1ccc(C(C)=C(C)C)cc1. The summed E-state index contributed by atoms with van der Waals surface area (Å²) in [6.45, 7) is 25.0. The first kappa shape index (κ1) is 29.3. The summed E-state index contributed by atoms with van der Waals surface area (Å²) >= 11 is 0. The normalized spacial score (nSPS) is 9.24. The van der Waals surface area contributed by atoms with E-state index in [4.69, 9.17) is 0 Å². The van der Waals surface area contributed by atoms with Crippen molar-refractivity contribution in [2.75, 3.05) is 0 Å². The second-order valence-corrected chi connectivity index (χ2v) is 8.21. The van der Waals surface area contributed by atoms with E-state index in [2.05, 4.69) is 79.7 Å². The Balaban J connectivity index is 0. The van der Waals surface area contributed by atoms with Crippen LogP contribution in [-0.4, -0.2) is 5.78 Å². The monoisotopic (exact) mass is 398 g/mol. The Kier molecular flexibility index (Phi) is 16.1. The summed E-state index contributed by atoms with van der Waals surface area (Å²) in [6, 6.07) is 8.84. The van der Waals surface area contributed by atoms with Crippen LogP contribution in [0.2, 0.25) is 0 Å². The molecule has 164 valence electrons. The van der Waals surface area contributed by atoms with Crippen molar-refractivity contribution in [3.8, 4) is 0 Å². The molecule has 1 aromatic rings. The predicted molar refractivity (Wildman–Crippen MR) is 133 cm³/mol. The Morgan fingerprint density at radius 1 is 0.655 bits per heavy atom. The Hall–Kier alpha value is -1.89. The lowest BCUT2D eigenvalue weighted by Gasteiger charge is -2.04. The highest BCUT2D eigenvalue weighted by Crippen LogP contribution is 2.18. The molecule has 0 saturated heterocycles. The third-order valence-corrected chi connectivity index (χ3v) is 5.42. The van der Waals surface area contributed by atoms with Gasteiger partial charge >= 0.3 is 0 Å². The largest absolute Gasteiger partial charge is 0.295 e. The van der Waals surface area contributed by atoms with Crippen molar-refractivity contribution < 1.29 is 4.79 Å². The lowest BCUT2D eigenvalue weighted by atomic mass is 10.0. The maximum atomic E-state index is 10.9. The van der Waals surface area contributed by atoms with Crippen molar-refractivity contribution in [3.05, 3.63) is 63.3 Å². The number of aryl methyl sites for hydroxylation is 1. The van der Waals surface area contributed by atoms with Crippen molar-refractivity contribution in [2.45, 2.75) is 102 Å². The van der Waals surface area contributed by atoms with Gasteiger partial charge < -0.3 is 0 Å². The number of rotatable bonds is 5. The highest BCUT2D eigenvalue weighted by molar-refractivity contribution is 5.95. The van der Waals surface area contributed by atoms with Crippen LogP contribution in [0.4, 0.5) is 0 Å². The number of ketones is 1. The lowest BCUT2D eigenvalue weighted by molar-refractivity contribution is -0.115. The standard InChI is InChI=1S/C13H18.C8H14O.C7H14/c1-5-12-6-8-13(9-7-12)11(4)10(2)3;1-5-8(9)7(4)6(2)3;1-5-7(4)6(2)3/h6-9H,5H2,1-4H3;5H2,1-4H3;5H2,1-4H3. The highest BCUT2D eigenvalue weighted by Gasteiger charge is 2.00. The zero-order chi connectivity index (χ0) is 23.1. The van der Waals surface area contributed by atoms with Gasteiger partial charge in [-0.15, -0.1) is 0 Å². The fraction of sp³-hybridized carbons (Fsp3) is 0.536. The maximum Gasteiger partial charge on any atom is 0.158 e. The first-order chi connectivity index (χ1) is 13.4. The molecule has 0 amide bonds. The zero-order valence-electron chi connectivity index (χ0n) is 21.3. The van der Waals surface area contributed by atoms with Gasteiger partial charge in [-0.1, -0.05) is 67.3 Å². The molecule has 0 fully saturated rings. The Morgan fingerprint density at radius 3 is 1.34 bits per heavy atom. The van der Waals surface area contributed by atoms with Crippen molar-refractivity contribution in [2.24, 2.45) is 0 Å². The number of allylic oxidation sites excluding steroid dienone is 6. The molecule has 0 aliphatic rings. The molecular weight excluding hydrogens is 352 g/mol. The number of carbonyl (C=O) groups is 1. The van der Waals surface area contributed by atoms with E-state index in [1.54, 1.807) is 0 Å². The molecule has 0 saturated carbocycles. The minimum atomic E-state index is 0.259. The summed E-state index contributed by atoms with van der Waals surface area (Å²) in [5.41, 5.74) is 10.6. The number of carbonyl (C=O) groups excluding carboxylic acids is 1. The van der Waals surface area contributed by atoms with Gasteiger partial charge in [-0.25, -0.2) is 0 Å². The minimum Gasteiger partial charge on any atom is -0.295 e. The van der Waals surface area contributed by atoms with Crippen molar-refractivity contribution in [1.29, 1.82) is 0 Å². The van der Waals surface area contributed by atoms with Crippen LogP contribution in [0.25, 0.3) is 5.57 Å². The van der Waals surface area contributed by atoms with Crippen LogP contribution in [0.3, 0.4) is 0 Å². The number of Topliss-reactive ketones (excluding diaryl/α,β-unsaturated/α-hetero) is 1. The highest BCUT2D eigenvalue weighted by atomic mass is 16.1. The zero-order valence-corrected chi connectivity index (χ0v) is 21.3. The van der Waals surface area contributed by atoms with Crippen molar-refractivity contribution in [1.82, 2.24) is 0 Å². The van der Waals surface area contributed by atoms with E-state index in [-0.39, 0.29) is 5.78 Å². The number of benzene rings is 1. The molecule has 1 nitrogen and oxygen atoms in total. The molecule has 0 heterocycles. The molecule has 0 radical (unpaired) electrons. The van der Waals surface area contributed by atoms with Crippen molar-refractivity contribution >= 4 is 11.4 Å². The summed E-state index contributed by atoms with van der Waals surface area (Å²) in [5.74, 6) is 0.259. The van der Waals surface area contributed by atoms with Gasteiger partial charge in [0.1, 0.15) is 0 Å². The van der Waals surface area contributed by atoms with Crippen LogP contribution in [0.1, 0.15) is 107 Å². The molecular formula is C28H46O. The van der Waals surface area contributed by atoms with E-state index >= 15 is 0 Å². The first-order valence-corrected chi connectivity index (χ1v) is 11.0. The molecule has 0 aliphatic heterocycles. The third-order valence-electron chi connectivity index (χ3n) is 5.42. The van der Waals surface area contributed by atoms with E-state index < -0.39 is 0 Å². The summed E-state index contributed by atoms with van der Waals surface area (Å²) in [4.78, 5) is 10.9. The average Bonchev–Trinajstić information content (AvgIpc) is 2.71. The Morgan fingerprint density at radius 2 is 1.14 bits per heavy atom. The number of hydrogen-bond donors (Lipinski definition) is 0. The maximum absolute atomic E-state index is 10.9. The number of hydrogen-bond acceptors (Lipinski definition) is 1. The molecule has 1 rings (SSSR count).